The highest BCUT2D eigenvalue weighted by Gasteiger charge is 2.24. The third-order valence-corrected chi connectivity index (χ3v) is 5.01. The molecule has 0 saturated heterocycles. The van der Waals surface area contributed by atoms with E-state index in [0.29, 0.717) is 10.7 Å². The average Bonchev–Trinajstić information content (AvgIpc) is 3.32. The summed E-state index contributed by atoms with van der Waals surface area (Å²) in [4.78, 5) is 33.9. The maximum absolute atomic E-state index is 13.2. The van der Waals surface area contributed by atoms with Gasteiger partial charge in [-0.3, -0.25) is 14.0 Å². The normalized spacial score (nSPS) is 11.8. The lowest BCUT2D eigenvalue weighted by atomic mass is 9.93. The summed E-state index contributed by atoms with van der Waals surface area (Å²) in [6.45, 7) is 6.15. The number of nitrogens with zero attached hydrogens (tertiary/aromatic N) is 6. The SMILES string of the molecule is CC(C)(C)c1csc(-c2nc3cc(C(N)=O)ccn3c(=O)c2-c2nn[nH]n2)n1. The molecule has 0 fully saturated rings. The molecule has 28 heavy (non-hydrogen) atoms. The van der Waals surface area contributed by atoms with Crippen LogP contribution in [0, 0.1) is 0 Å². The number of nitrogens with one attached hydrogen (secondary N) is 1. The number of rotatable bonds is 3. The zero-order valence-electron chi connectivity index (χ0n) is 15.3. The van der Waals surface area contributed by atoms with Gasteiger partial charge in [-0.1, -0.05) is 20.8 Å². The Hall–Kier alpha value is -3.47. The molecule has 4 rings (SSSR count). The molecule has 4 heterocycles. The Bertz CT molecular complexity index is 1250. The van der Waals surface area contributed by atoms with E-state index < -0.39 is 11.5 Å². The summed E-state index contributed by atoms with van der Waals surface area (Å²) in [7, 11) is 0. The van der Waals surface area contributed by atoms with E-state index in [9.17, 15) is 9.59 Å². The smallest absolute Gasteiger partial charge is 0.269 e. The molecule has 0 spiro atoms. The maximum atomic E-state index is 13.2. The second-order valence-electron chi connectivity index (χ2n) is 7.17. The molecule has 0 atom stereocenters. The highest BCUT2D eigenvalue weighted by atomic mass is 32.1. The molecule has 0 aromatic carbocycles. The molecule has 4 aromatic rings. The van der Waals surface area contributed by atoms with Crippen LogP contribution in [0.15, 0.2) is 28.5 Å². The van der Waals surface area contributed by atoms with E-state index in [2.05, 4.69) is 30.6 Å². The number of H-pyrrole nitrogens is 1. The van der Waals surface area contributed by atoms with E-state index in [0.717, 1.165) is 5.69 Å². The van der Waals surface area contributed by atoms with Gasteiger partial charge in [0.05, 0.1) is 5.69 Å². The van der Waals surface area contributed by atoms with Crippen molar-refractivity contribution in [2.75, 3.05) is 0 Å². The number of aromatic amines is 1. The third kappa shape index (κ3) is 2.95. The van der Waals surface area contributed by atoms with Crippen molar-refractivity contribution in [2.24, 2.45) is 5.73 Å². The number of primary amides is 1. The molecule has 0 saturated carbocycles. The van der Waals surface area contributed by atoms with Crippen LogP contribution < -0.4 is 11.3 Å². The topological polar surface area (TPSA) is 145 Å². The predicted molar refractivity (Wildman–Crippen MR) is 103 cm³/mol. The van der Waals surface area contributed by atoms with Crippen molar-refractivity contribution in [3.05, 3.63) is 45.3 Å². The Morgan fingerprint density at radius 1 is 1.29 bits per heavy atom. The molecular weight excluding hydrogens is 380 g/mol. The molecule has 1 amide bonds. The highest BCUT2D eigenvalue weighted by molar-refractivity contribution is 7.13. The Labute approximate surface area is 162 Å². The van der Waals surface area contributed by atoms with Crippen LogP contribution in [0.3, 0.4) is 0 Å². The molecule has 4 aromatic heterocycles. The van der Waals surface area contributed by atoms with Crippen LogP contribution in [0.5, 0.6) is 0 Å². The van der Waals surface area contributed by atoms with Gasteiger partial charge >= 0.3 is 0 Å². The minimum Gasteiger partial charge on any atom is -0.366 e. The van der Waals surface area contributed by atoms with Gasteiger partial charge in [0.1, 0.15) is 21.9 Å². The first-order valence-electron chi connectivity index (χ1n) is 8.32. The van der Waals surface area contributed by atoms with Gasteiger partial charge < -0.3 is 5.73 Å². The van der Waals surface area contributed by atoms with Gasteiger partial charge in [0.15, 0.2) is 0 Å². The third-order valence-electron chi connectivity index (χ3n) is 4.16. The molecule has 0 radical (unpaired) electrons. The quantitative estimate of drug-likeness (QED) is 0.532. The van der Waals surface area contributed by atoms with Crippen molar-refractivity contribution in [1.29, 1.82) is 0 Å². The monoisotopic (exact) mass is 396 g/mol. The van der Waals surface area contributed by atoms with E-state index in [1.54, 1.807) is 0 Å². The molecular formula is C17H16N8O2S. The summed E-state index contributed by atoms with van der Waals surface area (Å²) in [6.07, 6.45) is 1.44. The van der Waals surface area contributed by atoms with Crippen LogP contribution >= 0.6 is 11.3 Å². The number of amides is 1. The van der Waals surface area contributed by atoms with Gasteiger partial charge in [-0.15, -0.1) is 21.5 Å². The number of aromatic nitrogens is 7. The van der Waals surface area contributed by atoms with E-state index in [1.807, 2.05) is 26.2 Å². The lowest BCUT2D eigenvalue weighted by Gasteiger charge is -2.14. The summed E-state index contributed by atoms with van der Waals surface area (Å²) in [5, 5.41) is 16.3. The van der Waals surface area contributed by atoms with Crippen molar-refractivity contribution in [3.63, 3.8) is 0 Å². The number of thiazole rings is 1. The first-order chi connectivity index (χ1) is 13.3. The van der Waals surface area contributed by atoms with Gasteiger partial charge in [0, 0.05) is 22.6 Å². The number of hydrogen-bond donors (Lipinski definition) is 2. The van der Waals surface area contributed by atoms with Gasteiger partial charge in [-0.25, -0.2) is 9.97 Å². The van der Waals surface area contributed by atoms with E-state index >= 15 is 0 Å². The van der Waals surface area contributed by atoms with E-state index in [1.165, 1.54) is 34.1 Å². The first-order valence-corrected chi connectivity index (χ1v) is 9.20. The van der Waals surface area contributed by atoms with Crippen LogP contribution in [-0.4, -0.2) is 40.9 Å². The van der Waals surface area contributed by atoms with Crippen LogP contribution in [0.25, 0.3) is 27.7 Å². The van der Waals surface area contributed by atoms with Crippen LogP contribution in [0.4, 0.5) is 0 Å². The van der Waals surface area contributed by atoms with E-state index in [4.69, 9.17) is 5.73 Å². The summed E-state index contributed by atoms with van der Waals surface area (Å²) in [6, 6.07) is 2.92. The van der Waals surface area contributed by atoms with Gasteiger partial charge in [0.25, 0.3) is 5.56 Å². The van der Waals surface area contributed by atoms with Crippen molar-refractivity contribution in [2.45, 2.75) is 26.2 Å². The zero-order valence-corrected chi connectivity index (χ0v) is 16.1. The molecule has 0 aliphatic heterocycles. The predicted octanol–water partition coefficient (Wildman–Crippen LogP) is 1.39. The summed E-state index contributed by atoms with van der Waals surface area (Å²) >= 11 is 1.37. The number of pyridine rings is 1. The molecule has 3 N–H and O–H groups in total. The lowest BCUT2D eigenvalue weighted by Crippen LogP contribution is -2.20. The summed E-state index contributed by atoms with van der Waals surface area (Å²) in [5.41, 5.74) is 6.69. The maximum Gasteiger partial charge on any atom is 0.269 e. The lowest BCUT2D eigenvalue weighted by molar-refractivity contribution is 0.1000. The van der Waals surface area contributed by atoms with E-state index in [-0.39, 0.29) is 28.0 Å². The van der Waals surface area contributed by atoms with Crippen LogP contribution in [0.2, 0.25) is 0 Å². The molecule has 0 unspecified atom stereocenters. The average molecular weight is 396 g/mol. The minimum absolute atomic E-state index is 0.119. The van der Waals surface area contributed by atoms with Crippen LogP contribution in [0.1, 0.15) is 36.8 Å². The highest BCUT2D eigenvalue weighted by Crippen LogP contribution is 2.32. The second kappa shape index (κ2) is 6.30. The van der Waals surface area contributed by atoms with Crippen molar-refractivity contribution in [1.82, 2.24) is 35.0 Å². The molecule has 142 valence electrons. The fourth-order valence-corrected chi connectivity index (χ4v) is 3.68. The molecule has 11 heteroatoms. The number of nitrogens with two attached hydrogens (primary N) is 1. The number of tetrazole rings is 1. The number of carbonyl (C=O) groups excluding carboxylic acids is 1. The first kappa shape index (κ1) is 17.9. The molecule has 0 aliphatic carbocycles. The Morgan fingerprint density at radius 3 is 2.68 bits per heavy atom. The van der Waals surface area contributed by atoms with Crippen molar-refractivity contribution >= 4 is 22.9 Å². The largest absolute Gasteiger partial charge is 0.366 e. The number of fused-ring (bicyclic) bond motifs is 1. The van der Waals surface area contributed by atoms with Crippen molar-refractivity contribution < 1.29 is 4.79 Å². The summed E-state index contributed by atoms with van der Waals surface area (Å²) < 4.78 is 1.31. The number of hydrogen-bond acceptors (Lipinski definition) is 8. The van der Waals surface area contributed by atoms with Crippen molar-refractivity contribution in [3.8, 4) is 22.1 Å². The minimum atomic E-state index is -0.607. The zero-order chi connectivity index (χ0) is 20.1. The molecule has 0 aliphatic rings. The van der Waals surface area contributed by atoms with Gasteiger partial charge in [-0.05, 0) is 17.3 Å². The fourth-order valence-electron chi connectivity index (χ4n) is 2.64. The summed E-state index contributed by atoms with van der Waals surface area (Å²) in [5.74, 6) is -0.488. The molecule has 0 bridgehead atoms. The number of carbonyl (C=O) groups is 1. The van der Waals surface area contributed by atoms with Gasteiger partial charge in [-0.2, -0.15) is 5.21 Å². The fraction of sp³-hybridized carbons (Fsp3) is 0.235. The Morgan fingerprint density at radius 2 is 2.07 bits per heavy atom. The Balaban J connectivity index is 2.04. The second-order valence-corrected chi connectivity index (χ2v) is 8.03. The van der Waals surface area contributed by atoms with Crippen LogP contribution in [-0.2, 0) is 5.41 Å². The molecule has 10 nitrogen and oxygen atoms in total. The standard InChI is InChI=1S/C17H16N8O2S/c1-17(2,3)9-7-28-15(19-9)12-11(14-21-23-24-22-14)16(27)25-5-4-8(13(18)26)6-10(25)20-12/h4-7H,1-3H3,(H2,18,26)(H,21,22,23,24). The Kier molecular flexibility index (Phi) is 4.03. The van der Waals surface area contributed by atoms with Gasteiger partial charge in [0.2, 0.25) is 11.7 Å².